The number of carbonyl (C=O) groups is 1. The van der Waals surface area contributed by atoms with Crippen LogP contribution >= 0.6 is 0 Å². The first kappa shape index (κ1) is 18.8. The van der Waals surface area contributed by atoms with Gasteiger partial charge in [0.2, 0.25) is 5.91 Å². The summed E-state index contributed by atoms with van der Waals surface area (Å²) in [6.07, 6.45) is 9.12. The first-order valence-electron chi connectivity index (χ1n) is 10.3. The molecule has 4 heterocycles. The number of aliphatic hydroxyl groups is 1. The van der Waals surface area contributed by atoms with Gasteiger partial charge in [0.1, 0.15) is 0 Å². The van der Waals surface area contributed by atoms with Crippen molar-refractivity contribution in [2.45, 2.75) is 50.7 Å². The van der Waals surface area contributed by atoms with Crippen molar-refractivity contribution >= 4 is 5.91 Å². The second kappa shape index (κ2) is 8.25. The molecule has 0 aliphatic carbocycles. The molecule has 0 unspecified atom stereocenters. The van der Waals surface area contributed by atoms with Crippen LogP contribution in [-0.2, 0) is 16.0 Å². The molecule has 0 aromatic carbocycles. The number of nitrogens with zero attached hydrogens (tertiary/aromatic N) is 3. The normalized spacial score (nSPS) is 28.1. The van der Waals surface area contributed by atoms with E-state index in [1.54, 1.807) is 6.20 Å². The van der Waals surface area contributed by atoms with E-state index in [4.69, 9.17) is 4.74 Å². The van der Waals surface area contributed by atoms with Gasteiger partial charge in [-0.05, 0) is 49.1 Å². The van der Waals surface area contributed by atoms with Crippen molar-refractivity contribution < 1.29 is 14.6 Å². The van der Waals surface area contributed by atoms with E-state index in [1.807, 2.05) is 23.2 Å². The van der Waals surface area contributed by atoms with Gasteiger partial charge in [0, 0.05) is 51.5 Å². The Morgan fingerprint density at radius 1 is 1.33 bits per heavy atom. The van der Waals surface area contributed by atoms with Gasteiger partial charge in [0.15, 0.2) is 0 Å². The highest BCUT2D eigenvalue weighted by atomic mass is 16.5. The maximum atomic E-state index is 12.5. The van der Waals surface area contributed by atoms with Gasteiger partial charge in [-0.1, -0.05) is 6.07 Å². The molecule has 0 saturated carbocycles. The third-order valence-corrected chi connectivity index (χ3v) is 6.52. The predicted octanol–water partition coefficient (Wildman–Crippen LogP) is 1.48. The quantitative estimate of drug-likeness (QED) is 0.847. The van der Waals surface area contributed by atoms with Crippen LogP contribution in [0.4, 0.5) is 0 Å². The summed E-state index contributed by atoms with van der Waals surface area (Å²) in [7, 11) is 0. The molecule has 3 saturated heterocycles. The maximum absolute atomic E-state index is 12.5. The minimum Gasteiger partial charge on any atom is -0.392 e. The monoisotopic (exact) mass is 373 g/mol. The third kappa shape index (κ3) is 4.68. The third-order valence-electron chi connectivity index (χ3n) is 6.52. The number of aromatic nitrogens is 1. The summed E-state index contributed by atoms with van der Waals surface area (Å²) in [6.45, 7) is 5.23. The molecular formula is C21H31N3O3. The molecule has 1 aromatic heterocycles. The van der Waals surface area contributed by atoms with Gasteiger partial charge in [-0.3, -0.25) is 14.7 Å². The van der Waals surface area contributed by atoms with Crippen LogP contribution < -0.4 is 0 Å². The average Bonchev–Trinajstić information content (AvgIpc) is 3.27. The van der Waals surface area contributed by atoms with Gasteiger partial charge in [0.25, 0.3) is 0 Å². The van der Waals surface area contributed by atoms with E-state index in [9.17, 15) is 9.90 Å². The molecule has 3 aliphatic heterocycles. The van der Waals surface area contributed by atoms with Crippen LogP contribution in [0, 0.1) is 5.41 Å². The Labute approximate surface area is 161 Å². The molecule has 1 amide bonds. The number of hydrogen-bond acceptors (Lipinski definition) is 5. The minimum atomic E-state index is -0.165. The fraction of sp³-hybridized carbons (Fsp3) is 0.714. The van der Waals surface area contributed by atoms with Crippen molar-refractivity contribution in [1.82, 2.24) is 14.8 Å². The summed E-state index contributed by atoms with van der Waals surface area (Å²) in [5, 5.41) is 9.69. The Kier molecular flexibility index (Phi) is 5.76. The molecule has 1 aromatic rings. The highest BCUT2D eigenvalue weighted by molar-refractivity contribution is 5.76. The van der Waals surface area contributed by atoms with Crippen LogP contribution in [0.3, 0.4) is 0 Å². The Morgan fingerprint density at radius 3 is 2.89 bits per heavy atom. The van der Waals surface area contributed by atoms with E-state index in [1.165, 1.54) is 0 Å². The predicted molar refractivity (Wildman–Crippen MR) is 102 cm³/mol. The molecule has 1 spiro atoms. The molecule has 1 N–H and O–H groups in total. The van der Waals surface area contributed by atoms with Gasteiger partial charge in [-0.25, -0.2) is 0 Å². The van der Waals surface area contributed by atoms with E-state index in [0.29, 0.717) is 6.42 Å². The van der Waals surface area contributed by atoms with Crippen molar-refractivity contribution in [3.63, 3.8) is 0 Å². The average molecular weight is 373 g/mol. The van der Waals surface area contributed by atoms with Gasteiger partial charge in [-0.15, -0.1) is 0 Å². The number of hydrogen-bond donors (Lipinski definition) is 1. The molecule has 6 nitrogen and oxygen atoms in total. The van der Waals surface area contributed by atoms with E-state index in [2.05, 4.69) is 9.88 Å². The van der Waals surface area contributed by atoms with Crippen molar-refractivity contribution in [3.05, 3.63) is 30.1 Å². The number of β-amino-alcohol motifs (C(OH)–C–C–N with tert-alkyl or cyclic N) is 1. The van der Waals surface area contributed by atoms with Crippen molar-refractivity contribution in [3.8, 4) is 0 Å². The Morgan fingerprint density at radius 2 is 2.19 bits per heavy atom. The fourth-order valence-corrected chi connectivity index (χ4v) is 4.81. The van der Waals surface area contributed by atoms with Crippen molar-refractivity contribution in [1.29, 1.82) is 0 Å². The second-order valence-corrected chi connectivity index (χ2v) is 8.58. The van der Waals surface area contributed by atoms with Crippen LogP contribution in [-0.4, -0.2) is 77.3 Å². The van der Waals surface area contributed by atoms with Gasteiger partial charge < -0.3 is 14.7 Å². The zero-order valence-electron chi connectivity index (χ0n) is 16.1. The number of rotatable bonds is 5. The van der Waals surface area contributed by atoms with Crippen molar-refractivity contribution in [2.75, 3.05) is 39.3 Å². The molecule has 3 aliphatic rings. The lowest BCUT2D eigenvalue weighted by molar-refractivity contribution is -0.133. The summed E-state index contributed by atoms with van der Waals surface area (Å²) >= 11 is 0. The number of amides is 1. The lowest BCUT2D eigenvalue weighted by Gasteiger charge is -2.38. The van der Waals surface area contributed by atoms with Gasteiger partial charge in [0.05, 0.1) is 18.8 Å². The molecule has 4 rings (SSSR count). The van der Waals surface area contributed by atoms with Crippen molar-refractivity contribution in [2.24, 2.45) is 5.41 Å². The Balaban J connectivity index is 1.21. The molecule has 27 heavy (non-hydrogen) atoms. The summed E-state index contributed by atoms with van der Waals surface area (Å²) in [4.78, 5) is 21.0. The molecule has 148 valence electrons. The van der Waals surface area contributed by atoms with Crippen LogP contribution in [0.25, 0.3) is 0 Å². The van der Waals surface area contributed by atoms with Gasteiger partial charge >= 0.3 is 0 Å². The fourth-order valence-electron chi connectivity index (χ4n) is 4.81. The zero-order valence-corrected chi connectivity index (χ0v) is 16.1. The van der Waals surface area contributed by atoms with E-state index < -0.39 is 0 Å². The molecule has 0 bridgehead atoms. The topological polar surface area (TPSA) is 65.9 Å². The number of pyridine rings is 1. The highest BCUT2D eigenvalue weighted by Gasteiger charge is 2.43. The summed E-state index contributed by atoms with van der Waals surface area (Å²) < 4.78 is 6.11. The number of aryl methyl sites for hydroxylation is 1. The molecule has 2 atom stereocenters. The van der Waals surface area contributed by atoms with E-state index >= 15 is 0 Å². The van der Waals surface area contributed by atoms with E-state index in [0.717, 1.165) is 77.0 Å². The van der Waals surface area contributed by atoms with E-state index in [-0.39, 0.29) is 23.5 Å². The minimum absolute atomic E-state index is 0.165. The summed E-state index contributed by atoms with van der Waals surface area (Å²) in [6, 6.07) is 3.95. The number of likely N-dealkylation sites (tertiary alicyclic amines) is 2. The van der Waals surface area contributed by atoms with Crippen LogP contribution in [0.15, 0.2) is 24.5 Å². The maximum Gasteiger partial charge on any atom is 0.222 e. The summed E-state index contributed by atoms with van der Waals surface area (Å²) in [5.41, 5.74) is 1.38. The number of ether oxygens (including phenoxy) is 1. The molecule has 6 heteroatoms. The largest absolute Gasteiger partial charge is 0.392 e. The number of aliphatic hydroxyl groups excluding tert-OH is 1. The molecule has 3 fully saturated rings. The standard InChI is InChI=1S/C21H31N3O3/c25-18-5-9-23(14-18)15-19-12-21(16-27-19)6-10-24(11-7-21)20(26)4-3-17-2-1-8-22-13-17/h1-2,8,13,18-19,25H,3-7,9-12,14-16H2/t18-,19-/m0/s1. The van der Waals surface area contributed by atoms with Crippen LogP contribution in [0.1, 0.15) is 37.7 Å². The first-order chi connectivity index (χ1) is 13.1. The first-order valence-corrected chi connectivity index (χ1v) is 10.3. The Bertz CT molecular complexity index is 631. The van der Waals surface area contributed by atoms with Crippen LogP contribution in [0.5, 0.6) is 0 Å². The smallest absolute Gasteiger partial charge is 0.222 e. The zero-order chi connectivity index (χ0) is 18.7. The molecular weight excluding hydrogens is 342 g/mol. The number of carbonyl (C=O) groups excluding carboxylic acids is 1. The lowest BCUT2D eigenvalue weighted by Crippen LogP contribution is -2.43. The second-order valence-electron chi connectivity index (χ2n) is 8.58. The highest BCUT2D eigenvalue weighted by Crippen LogP contribution is 2.42. The SMILES string of the molecule is O=C(CCc1cccnc1)N1CCC2(CC1)CO[C@H](CN1CC[C@H](O)C1)C2. The number of piperidine rings is 1. The van der Waals surface area contributed by atoms with Crippen LogP contribution in [0.2, 0.25) is 0 Å². The lowest BCUT2D eigenvalue weighted by atomic mass is 9.76. The van der Waals surface area contributed by atoms with Gasteiger partial charge in [-0.2, -0.15) is 0 Å². The summed E-state index contributed by atoms with van der Waals surface area (Å²) in [5.74, 6) is 0.259. The molecule has 0 radical (unpaired) electrons. The Hall–Kier alpha value is -1.50.